The van der Waals surface area contributed by atoms with Crippen molar-refractivity contribution in [3.63, 3.8) is 0 Å². The first-order valence-electron chi connectivity index (χ1n) is 9.29. The average Bonchev–Trinajstić information content (AvgIpc) is 3.39. The highest BCUT2D eigenvalue weighted by atomic mass is 16.4. The van der Waals surface area contributed by atoms with E-state index in [1.807, 2.05) is 36.1 Å². The van der Waals surface area contributed by atoms with Crippen LogP contribution in [0.25, 0.3) is 33.4 Å². The molecule has 0 unspecified atom stereocenters. The van der Waals surface area contributed by atoms with Gasteiger partial charge >= 0.3 is 0 Å². The summed E-state index contributed by atoms with van der Waals surface area (Å²) in [4.78, 5) is 13.3. The molecule has 8 heteroatoms. The van der Waals surface area contributed by atoms with Gasteiger partial charge in [-0.15, -0.1) is 0 Å². The van der Waals surface area contributed by atoms with Crippen molar-refractivity contribution in [2.45, 2.75) is 32.2 Å². The smallest absolute Gasteiger partial charge is 0.292 e. The Labute approximate surface area is 155 Å². The number of rotatable bonds is 4. The number of hydrogen-bond donors (Lipinski definition) is 2. The summed E-state index contributed by atoms with van der Waals surface area (Å²) in [6.07, 6.45) is 6.95. The Hall–Kier alpha value is -3.16. The number of nitrogens with zero attached hydrogens (tertiary/aromatic N) is 5. The van der Waals surface area contributed by atoms with Crippen molar-refractivity contribution in [2.24, 2.45) is 5.92 Å². The van der Waals surface area contributed by atoms with Gasteiger partial charge in [0, 0.05) is 25.4 Å². The molecule has 3 aromatic heterocycles. The number of oxazole rings is 1. The Balaban J connectivity index is 1.65. The van der Waals surface area contributed by atoms with E-state index in [4.69, 9.17) is 15.2 Å². The summed E-state index contributed by atoms with van der Waals surface area (Å²) in [5.41, 5.74) is 9.72. The highest BCUT2D eigenvalue weighted by Crippen LogP contribution is 2.32. The van der Waals surface area contributed by atoms with Crippen molar-refractivity contribution >= 4 is 34.1 Å². The standard InChI is InChI=1S/C19H21N7O/c1-21-19-22-9-13-16(12-6-7-15-14(8-12)23-18(20)27-15)25-26(17(13)24-19)10-11-4-2-3-5-11/h6-9,11H,2-5,10H2,1H3,(H2,20,23)(H,21,22,24). The molecule has 0 saturated heterocycles. The first-order valence-corrected chi connectivity index (χ1v) is 9.29. The maximum Gasteiger partial charge on any atom is 0.292 e. The van der Waals surface area contributed by atoms with Crippen LogP contribution in [-0.4, -0.2) is 31.8 Å². The zero-order valence-electron chi connectivity index (χ0n) is 15.1. The van der Waals surface area contributed by atoms with Gasteiger partial charge in [-0.05, 0) is 37.0 Å². The lowest BCUT2D eigenvalue weighted by Gasteiger charge is -2.09. The van der Waals surface area contributed by atoms with Gasteiger partial charge in [0.05, 0.1) is 5.39 Å². The molecule has 1 aliphatic carbocycles. The normalized spacial score (nSPS) is 15.1. The van der Waals surface area contributed by atoms with Crippen LogP contribution in [0.1, 0.15) is 25.7 Å². The third-order valence-corrected chi connectivity index (χ3v) is 5.30. The van der Waals surface area contributed by atoms with E-state index >= 15 is 0 Å². The number of benzene rings is 1. The summed E-state index contributed by atoms with van der Waals surface area (Å²) in [6, 6.07) is 5.96. The molecule has 8 nitrogen and oxygen atoms in total. The lowest BCUT2D eigenvalue weighted by Crippen LogP contribution is -2.10. The van der Waals surface area contributed by atoms with Crippen LogP contribution in [0.5, 0.6) is 0 Å². The van der Waals surface area contributed by atoms with Crippen LogP contribution in [0.2, 0.25) is 0 Å². The monoisotopic (exact) mass is 363 g/mol. The van der Waals surface area contributed by atoms with Gasteiger partial charge in [0.2, 0.25) is 5.95 Å². The van der Waals surface area contributed by atoms with Gasteiger partial charge in [-0.25, -0.2) is 9.67 Å². The molecule has 5 rings (SSSR count). The predicted octanol–water partition coefficient (Wildman–Crippen LogP) is 3.45. The first kappa shape index (κ1) is 16.0. The van der Waals surface area contributed by atoms with Crippen LogP contribution >= 0.6 is 0 Å². The molecule has 1 aliphatic rings. The summed E-state index contributed by atoms with van der Waals surface area (Å²) < 4.78 is 7.41. The van der Waals surface area contributed by atoms with Crippen LogP contribution in [-0.2, 0) is 6.54 Å². The third-order valence-electron chi connectivity index (χ3n) is 5.30. The van der Waals surface area contributed by atoms with Crippen LogP contribution in [0.3, 0.4) is 0 Å². The van der Waals surface area contributed by atoms with Gasteiger partial charge < -0.3 is 15.5 Å². The van der Waals surface area contributed by atoms with Gasteiger partial charge in [0.15, 0.2) is 11.2 Å². The minimum absolute atomic E-state index is 0.167. The fourth-order valence-corrected chi connectivity index (χ4v) is 3.95. The number of fused-ring (bicyclic) bond motifs is 2. The van der Waals surface area contributed by atoms with E-state index in [0.717, 1.165) is 34.4 Å². The number of nitrogen functional groups attached to an aromatic ring is 1. The fraction of sp³-hybridized carbons (Fsp3) is 0.368. The number of anilines is 2. The zero-order chi connectivity index (χ0) is 18.4. The van der Waals surface area contributed by atoms with Gasteiger partial charge in [-0.1, -0.05) is 12.8 Å². The third kappa shape index (κ3) is 2.77. The summed E-state index contributed by atoms with van der Waals surface area (Å²) in [5, 5.41) is 8.86. The summed E-state index contributed by atoms with van der Waals surface area (Å²) in [7, 11) is 1.82. The molecule has 0 amide bonds. The number of nitrogens with one attached hydrogen (secondary N) is 1. The van der Waals surface area contributed by atoms with E-state index in [2.05, 4.69) is 20.3 Å². The average molecular weight is 363 g/mol. The summed E-state index contributed by atoms with van der Waals surface area (Å²) in [5.74, 6) is 1.26. The van der Waals surface area contributed by atoms with Crippen molar-refractivity contribution in [3.8, 4) is 11.3 Å². The number of hydrogen-bond acceptors (Lipinski definition) is 7. The summed E-state index contributed by atoms with van der Waals surface area (Å²) in [6.45, 7) is 0.885. The second kappa shape index (κ2) is 6.22. The molecule has 138 valence electrons. The molecule has 0 atom stereocenters. The van der Waals surface area contributed by atoms with Gasteiger partial charge in [-0.2, -0.15) is 15.1 Å². The second-order valence-electron chi connectivity index (χ2n) is 7.10. The van der Waals surface area contributed by atoms with Crippen molar-refractivity contribution < 1.29 is 4.42 Å². The molecule has 0 spiro atoms. The molecule has 0 radical (unpaired) electrons. The van der Waals surface area contributed by atoms with Gasteiger partial charge in [0.25, 0.3) is 6.01 Å². The maximum atomic E-state index is 5.67. The zero-order valence-corrected chi connectivity index (χ0v) is 15.1. The van der Waals surface area contributed by atoms with Gasteiger partial charge in [-0.3, -0.25) is 0 Å². The minimum atomic E-state index is 0.167. The van der Waals surface area contributed by atoms with Crippen molar-refractivity contribution in [2.75, 3.05) is 18.1 Å². The molecule has 1 saturated carbocycles. The van der Waals surface area contributed by atoms with Crippen LogP contribution in [0.15, 0.2) is 28.8 Å². The topological polar surface area (TPSA) is 108 Å². The van der Waals surface area contributed by atoms with Crippen molar-refractivity contribution in [1.29, 1.82) is 0 Å². The first-order chi connectivity index (χ1) is 13.2. The molecule has 1 aromatic carbocycles. The van der Waals surface area contributed by atoms with E-state index < -0.39 is 0 Å². The maximum absolute atomic E-state index is 5.67. The molecule has 0 aliphatic heterocycles. The Morgan fingerprint density at radius 1 is 1.26 bits per heavy atom. The molecule has 0 bridgehead atoms. The molecule has 4 aromatic rings. The molecule has 1 fully saturated rings. The molecular weight excluding hydrogens is 342 g/mol. The Kier molecular flexibility index (Phi) is 3.70. The molecule has 3 heterocycles. The fourth-order valence-electron chi connectivity index (χ4n) is 3.95. The SMILES string of the molecule is CNc1ncc2c(-c3ccc4oc(N)nc4c3)nn(CC3CCCC3)c2n1. The van der Waals surface area contributed by atoms with Crippen molar-refractivity contribution in [3.05, 3.63) is 24.4 Å². The van der Waals surface area contributed by atoms with Crippen LogP contribution in [0, 0.1) is 5.92 Å². The molecule has 27 heavy (non-hydrogen) atoms. The van der Waals surface area contributed by atoms with Crippen LogP contribution < -0.4 is 11.1 Å². The van der Waals surface area contributed by atoms with E-state index in [-0.39, 0.29) is 6.01 Å². The molecular formula is C19H21N7O. The highest BCUT2D eigenvalue weighted by Gasteiger charge is 2.21. The molecule has 3 N–H and O–H groups in total. The Morgan fingerprint density at radius 3 is 2.93 bits per heavy atom. The quantitative estimate of drug-likeness (QED) is 0.572. The van der Waals surface area contributed by atoms with Crippen LogP contribution in [0.4, 0.5) is 12.0 Å². The Bertz CT molecular complexity index is 1120. The van der Waals surface area contributed by atoms with Crippen molar-refractivity contribution in [1.82, 2.24) is 24.7 Å². The second-order valence-corrected chi connectivity index (χ2v) is 7.10. The summed E-state index contributed by atoms with van der Waals surface area (Å²) >= 11 is 0. The highest BCUT2D eigenvalue weighted by molar-refractivity contribution is 5.93. The number of nitrogens with two attached hydrogens (primary N) is 1. The van der Waals surface area contributed by atoms with E-state index in [1.165, 1.54) is 25.7 Å². The minimum Gasteiger partial charge on any atom is -0.424 e. The van der Waals surface area contributed by atoms with Gasteiger partial charge in [0.1, 0.15) is 11.2 Å². The van der Waals surface area contributed by atoms with E-state index in [0.29, 0.717) is 17.4 Å². The largest absolute Gasteiger partial charge is 0.424 e. The Morgan fingerprint density at radius 2 is 2.11 bits per heavy atom. The lowest BCUT2D eigenvalue weighted by molar-refractivity contribution is 0.437. The lowest BCUT2D eigenvalue weighted by atomic mass is 10.1. The van der Waals surface area contributed by atoms with E-state index in [1.54, 1.807) is 0 Å². The van der Waals surface area contributed by atoms with E-state index in [9.17, 15) is 0 Å². The predicted molar refractivity (Wildman–Crippen MR) is 104 cm³/mol. The number of aromatic nitrogens is 5.